The molecule has 0 spiro atoms. The lowest BCUT2D eigenvalue weighted by Gasteiger charge is -2.31. The molecule has 1 aliphatic carbocycles. The van der Waals surface area contributed by atoms with Gasteiger partial charge in [-0.2, -0.15) is 13.2 Å². The maximum Gasteiger partial charge on any atom is 0.401 e. The molecule has 29 heavy (non-hydrogen) atoms. The number of aromatic nitrogens is 1. The number of nitrogens with zero attached hydrogens (tertiary/aromatic N) is 2. The van der Waals surface area contributed by atoms with Crippen molar-refractivity contribution in [2.24, 2.45) is 11.8 Å². The van der Waals surface area contributed by atoms with Crippen LogP contribution in [0, 0.1) is 24.6 Å². The molecule has 1 amide bonds. The number of benzene rings is 1. The van der Waals surface area contributed by atoms with Gasteiger partial charge in [-0.25, -0.2) is 4.39 Å². The highest BCUT2D eigenvalue weighted by atomic mass is 19.4. The second-order valence-electron chi connectivity index (χ2n) is 7.95. The molecule has 3 unspecified atom stereocenters. The van der Waals surface area contributed by atoms with Crippen LogP contribution >= 0.6 is 0 Å². The van der Waals surface area contributed by atoms with Gasteiger partial charge in [-0.3, -0.25) is 14.7 Å². The van der Waals surface area contributed by atoms with E-state index in [0.29, 0.717) is 30.6 Å². The van der Waals surface area contributed by atoms with Crippen LogP contribution in [0.1, 0.15) is 18.4 Å². The number of nitrogens with one attached hydrogen (secondary N) is 1. The Kier molecular flexibility index (Phi) is 5.06. The molecule has 1 N–H and O–H groups in total. The van der Waals surface area contributed by atoms with E-state index in [1.54, 1.807) is 18.3 Å². The van der Waals surface area contributed by atoms with Crippen molar-refractivity contribution in [1.82, 2.24) is 9.88 Å². The molecular formula is C21H21F4N3O. The van der Waals surface area contributed by atoms with Crippen LogP contribution < -0.4 is 5.32 Å². The monoisotopic (exact) mass is 407 g/mol. The van der Waals surface area contributed by atoms with Gasteiger partial charge < -0.3 is 5.32 Å². The highest BCUT2D eigenvalue weighted by molar-refractivity contribution is 5.94. The third kappa shape index (κ3) is 4.27. The van der Waals surface area contributed by atoms with Gasteiger partial charge in [0.05, 0.1) is 12.7 Å². The summed E-state index contributed by atoms with van der Waals surface area (Å²) in [6.07, 6.45) is -0.461. The van der Waals surface area contributed by atoms with Crippen molar-refractivity contribution in [3.8, 4) is 11.1 Å². The van der Waals surface area contributed by atoms with Gasteiger partial charge in [-0.1, -0.05) is 6.07 Å². The third-order valence-electron chi connectivity index (χ3n) is 5.90. The van der Waals surface area contributed by atoms with Crippen LogP contribution in [0.4, 0.5) is 23.2 Å². The quantitative estimate of drug-likeness (QED) is 0.764. The highest BCUT2D eigenvalue weighted by Crippen LogP contribution is 2.43. The van der Waals surface area contributed by atoms with Crippen LogP contribution in [0.15, 0.2) is 36.7 Å². The van der Waals surface area contributed by atoms with Crippen molar-refractivity contribution in [3.05, 3.63) is 48.0 Å². The lowest BCUT2D eigenvalue weighted by Crippen LogP contribution is -2.43. The Hall–Kier alpha value is -2.48. The van der Waals surface area contributed by atoms with Gasteiger partial charge >= 0.3 is 6.18 Å². The normalized spacial score (nSPS) is 24.1. The predicted octanol–water partition coefficient (Wildman–Crippen LogP) is 4.41. The zero-order chi connectivity index (χ0) is 20.8. The van der Waals surface area contributed by atoms with E-state index in [9.17, 15) is 22.4 Å². The number of amides is 1. The number of hydrogen-bond acceptors (Lipinski definition) is 3. The number of fused-ring (bicyclic) bond motifs is 2. The number of pyridine rings is 1. The van der Waals surface area contributed by atoms with Gasteiger partial charge in [0.25, 0.3) is 0 Å². The second kappa shape index (κ2) is 7.40. The molecule has 2 bridgehead atoms. The highest BCUT2D eigenvalue weighted by Gasteiger charge is 2.49. The smallest absolute Gasteiger partial charge is 0.326 e. The Bertz CT molecular complexity index is 930. The largest absolute Gasteiger partial charge is 0.401 e. The van der Waals surface area contributed by atoms with Crippen LogP contribution in [-0.2, 0) is 4.79 Å². The molecule has 2 aromatic rings. The maximum atomic E-state index is 13.5. The van der Waals surface area contributed by atoms with Crippen LogP contribution in [0.25, 0.3) is 11.1 Å². The van der Waals surface area contributed by atoms with Crippen molar-refractivity contribution in [2.45, 2.75) is 32.0 Å². The molecule has 4 rings (SSSR count). The SMILES string of the molecule is Cc1ccc(NC(=O)C2CC3CC2CN3CC(F)(F)F)cc1-c1cncc(F)c1. The van der Waals surface area contributed by atoms with Gasteiger partial charge in [0, 0.05) is 36.0 Å². The molecule has 3 atom stereocenters. The maximum absolute atomic E-state index is 13.5. The minimum atomic E-state index is -4.22. The first-order valence-corrected chi connectivity index (χ1v) is 9.53. The van der Waals surface area contributed by atoms with Crippen LogP contribution in [0.3, 0.4) is 0 Å². The van der Waals surface area contributed by atoms with Gasteiger partial charge in [-0.15, -0.1) is 0 Å². The van der Waals surface area contributed by atoms with E-state index >= 15 is 0 Å². The number of hydrogen-bond donors (Lipinski definition) is 1. The molecular weight excluding hydrogens is 386 g/mol. The number of alkyl halides is 3. The van der Waals surface area contributed by atoms with Crippen molar-refractivity contribution in [2.75, 3.05) is 18.4 Å². The fraction of sp³-hybridized carbons (Fsp3) is 0.429. The molecule has 2 heterocycles. The average Bonchev–Trinajstić information content (AvgIpc) is 3.22. The van der Waals surface area contributed by atoms with E-state index in [2.05, 4.69) is 10.3 Å². The standard InChI is InChI=1S/C21H21F4N3O/c1-12-2-3-16(6-18(12)13-4-15(22)9-26-8-13)27-20(29)19-7-17-5-14(19)10-28(17)11-21(23,24)25/h2-4,6,8-9,14,17,19H,5,7,10-11H2,1H3,(H,27,29). The minimum Gasteiger partial charge on any atom is -0.326 e. The zero-order valence-electron chi connectivity index (χ0n) is 15.8. The van der Waals surface area contributed by atoms with Crippen molar-refractivity contribution >= 4 is 11.6 Å². The molecule has 1 aromatic heterocycles. The topological polar surface area (TPSA) is 45.2 Å². The number of carbonyl (C=O) groups excluding carboxylic acids is 1. The van der Waals surface area contributed by atoms with Crippen LogP contribution in [0.2, 0.25) is 0 Å². The lowest BCUT2D eigenvalue weighted by molar-refractivity contribution is -0.150. The van der Waals surface area contributed by atoms with E-state index in [-0.39, 0.29) is 23.8 Å². The summed E-state index contributed by atoms with van der Waals surface area (Å²) < 4.78 is 51.5. The molecule has 2 fully saturated rings. The molecule has 0 radical (unpaired) electrons. The van der Waals surface area contributed by atoms with Gasteiger partial charge in [0.15, 0.2) is 0 Å². The van der Waals surface area contributed by atoms with Crippen molar-refractivity contribution < 1.29 is 22.4 Å². The Labute approximate surface area is 165 Å². The molecule has 1 saturated carbocycles. The molecule has 154 valence electrons. The summed E-state index contributed by atoms with van der Waals surface area (Å²) in [4.78, 5) is 18.1. The number of piperidine rings is 1. The van der Waals surface area contributed by atoms with Crippen LogP contribution in [-0.4, -0.2) is 41.1 Å². The summed E-state index contributed by atoms with van der Waals surface area (Å²) in [5.74, 6) is -0.956. The summed E-state index contributed by atoms with van der Waals surface area (Å²) >= 11 is 0. The molecule has 8 heteroatoms. The molecule has 1 aliphatic heterocycles. The Morgan fingerprint density at radius 1 is 1.24 bits per heavy atom. The summed E-state index contributed by atoms with van der Waals surface area (Å²) in [5.41, 5.74) is 2.87. The minimum absolute atomic E-state index is 0.0558. The Morgan fingerprint density at radius 3 is 2.69 bits per heavy atom. The molecule has 2 aliphatic rings. The van der Waals surface area contributed by atoms with E-state index in [1.807, 2.05) is 13.0 Å². The predicted molar refractivity (Wildman–Crippen MR) is 101 cm³/mol. The molecule has 1 saturated heterocycles. The van der Waals surface area contributed by atoms with Gasteiger partial charge in [0.1, 0.15) is 5.82 Å². The number of halogens is 4. The summed E-state index contributed by atoms with van der Waals surface area (Å²) in [7, 11) is 0. The average molecular weight is 407 g/mol. The zero-order valence-corrected chi connectivity index (χ0v) is 15.8. The van der Waals surface area contributed by atoms with E-state index < -0.39 is 18.5 Å². The van der Waals surface area contributed by atoms with Gasteiger partial charge in [0.2, 0.25) is 5.91 Å². The first-order chi connectivity index (χ1) is 13.7. The van der Waals surface area contributed by atoms with Crippen molar-refractivity contribution in [1.29, 1.82) is 0 Å². The number of carbonyl (C=O) groups is 1. The summed E-state index contributed by atoms with van der Waals surface area (Å²) in [5, 5.41) is 2.89. The molecule has 4 nitrogen and oxygen atoms in total. The fourth-order valence-electron chi connectivity index (χ4n) is 4.60. The van der Waals surface area contributed by atoms with E-state index in [1.165, 1.54) is 11.0 Å². The number of rotatable bonds is 4. The Morgan fingerprint density at radius 2 is 2.03 bits per heavy atom. The molecule has 1 aromatic carbocycles. The number of aryl methyl sites for hydroxylation is 1. The lowest BCUT2D eigenvalue weighted by atomic mass is 9.93. The van der Waals surface area contributed by atoms with Crippen LogP contribution in [0.5, 0.6) is 0 Å². The van der Waals surface area contributed by atoms with E-state index in [0.717, 1.165) is 17.3 Å². The van der Waals surface area contributed by atoms with E-state index in [4.69, 9.17) is 0 Å². The fourth-order valence-corrected chi connectivity index (χ4v) is 4.60. The number of anilines is 1. The Balaban J connectivity index is 1.45. The first-order valence-electron chi connectivity index (χ1n) is 9.53. The second-order valence-corrected chi connectivity index (χ2v) is 7.95. The summed E-state index contributed by atoms with van der Waals surface area (Å²) in [6, 6.07) is 6.57. The van der Waals surface area contributed by atoms with Crippen molar-refractivity contribution in [3.63, 3.8) is 0 Å². The summed E-state index contributed by atoms with van der Waals surface area (Å²) in [6.45, 7) is 1.28. The third-order valence-corrected chi connectivity index (χ3v) is 5.90. The first kappa shape index (κ1) is 19.8. The number of likely N-dealkylation sites (tertiary alicyclic amines) is 1. The van der Waals surface area contributed by atoms with Gasteiger partial charge in [-0.05, 0) is 55.0 Å².